The minimum atomic E-state index is -0.622. The van der Waals surface area contributed by atoms with Crippen molar-refractivity contribution < 1.29 is 14.3 Å². The maximum absolute atomic E-state index is 11.4. The molecule has 0 spiro atoms. The summed E-state index contributed by atoms with van der Waals surface area (Å²) in [4.78, 5) is 22.5. The van der Waals surface area contributed by atoms with Crippen molar-refractivity contribution in [3.63, 3.8) is 0 Å². The Morgan fingerprint density at radius 1 is 1.00 bits per heavy atom. The molecule has 0 unspecified atom stereocenters. The normalized spacial score (nSPS) is 10.1. The van der Waals surface area contributed by atoms with E-state index in [4.69, 9.17) is 21.9 Å². The number of nitrogen functional groups attached to an aromatic ring is 1. The van der Waals surface area contributed by atoms with E-state index in [9.17, 15) is 9.59 Å². The molecule has 6 N–H and O–H groups in total. The number of rotatable bonds is 5. The smallest absolute Gasteiger partial charge is 0.252 e. The van der Waals surface area contributed by atoms with Crippen LogP contribution in [0, 0.1) is 0 Å². The molecule has 0 aromatic heterocycles. The van der Waals surface area contributed by atoms with E-state index in [1.54, 1.807) is 36.4 Å². The topological polar surface area (TPSA) is 121 Å². The average Bonchev–Trinajstić information content (AvgIpc) is 2.46. The van der Waals surface area contributed by atoms with Crippen molar-refractivity contribution in [1.82, 2.24) is 0 Å². The molecule has 0 bridgehead atoms. The van der Waals surface area contributed by atoms with Crippen LogP contribution in [-0.4, -0.2) is 11.8 Å². The van der Waals surface area contributed by atoms with Crippen LogP contribution in [0.3, 0.4) is 0 Å². The van der Waals surface area contributed by atoms with Crippen LogP contribution in [0.2, 0.25) is 0 Å². The zero-order valence-corrected chi connectivity index (χ0v) is 11.2. The van der Waals surface area contributed by atoms with Gasteiger partial charge in [-0.2, -0.15) is 0 Å². The summed E-state index contributed by atoms with van der Waals surface area (Å²) in [7, 11) is 0. The van der Waals surface area contributed by atoms with Gasteiger partial charge < -0.3 is 21.9 Å². The van der Waals surface area contributed by atoms with Crippen LogP contribution in [0.25, 0.3) is 0 Å². The van der Waals surface area contributed by atoms with Gasteiger partial charge in [-0.05, 0) is 29.8 Å². The van der Waals surface area contributed by atoms with Gasteiger partial charge in [0.2, 0.25) is 5.91 Å². The van der Waals surface area contributed by atoms with Gasteiger partial charge in [0, 0.05) is 5.56 Å². The van der Waals surface area contributed by atoms with E-state index in [1.807, 2.05) is 0 Å². The molecule has 2 aromatic rings. The first-order valence-corrected chi connectivity index (χ1v) is 6.19. The predicted octanol–water partition coefficient (Wildman–Crippen LogP) is 1.05. The molecular weight excluding hydrogens is 270 g/mol. The lowest BCUT2D eigenvalue weighted by Crippen LogP contribution is -2.14. The summed E-state index contributed by atoms with van der Waals surface area (Å²) in [5.41, 5.74) is 17.9. The molecule has 0 fully saturated rings. The highest BCUT2D eigenvalue weighted by molar-refractivity contribution is 5.97. The summed E-state index contributed by atoms with van der Waals surface area (Å²) in [5.74, 6) is -0.911. The van der Waals surface area contributed by atoms with Gasteiger partial charge in [-0.15, -0.1) is 0 Å². The summed E-state index contributed by atoms with van der Waals surface area (Å²) in [6, 6.07) is 11.5. The van der Waals surface area contributed by atoms with Gasteiger partial charge in [0.1, 0.15) is 6.61 Å². The molecule has 0 atom stereocenters. The maximum Gasteiger partial charge on any atom is 0.252 e. The van der Waals surface area contributed by atoms with E-state index in [0.29, 0.717) is 11.3 Å². The van der Waals surface area contributed by atoms with Crippen molar-refractivity contribution in [3.8, 4) is 5.75 Å². The van der Waals surface area contributed by atoms with Crippen molar-refractivity contribution in [2.24, 2.45) is 11.5 Å². The first kappa shape index (κ1) is 14.4. The molecule has 21 heavy (non-hydrogen) atoms. The Morgan fingerprint density at radius 3 is 2.38 bits per heavy atom. The van der Waals surface area contributed by atoms with E-state index >= 15 is 0 Å². The quantitative estimate of drug-likeness (QED) is 0.710. The molecule has 0 heterocycles. The van der Waals surface area contributed by atoms with E-state index in [2.05, 4.69) is 0 Å². The van der Waals surface area contributed by atoms with Gasteiger partial charge in [0.05, 0.1) is 11.3 Å². The number of carbonyl (C=O) groups excluding carboxylic acids is 2. The summed E-state index contributed by atoms with van der Waals surface area (Å²) >= 11 is 0. The Bertz CT molecular complexity index is 698. The molecule has 0 saturated carbocycles. The molecule has 0 aliphatic rings. The third kappa shape index (κ3) is 3.30. The van der Waals surface area contributed by atoms with E-state index in [-0.39, 0.29) is 17.9 Å². The molecule has 2 amide bonds. The van der Waals surface area contributed by atoms with Crippen molar-refractivity contribution in [2.75, 3.05) is 5.73 Å². The lowest BCUT2D eigenvalue weighted by Gasteiger charge is -2.12. The largest absolute Gasteiger partial charge is 0.486 e. The molecule has 108 valence electrons. The molecule has 6 nitrogen and oxygen atoms in total. The van der Waals surface area contributed by atoms with Crippen LogP contribution >= 0.6 is 0 Å². The lowest BCUT2D eigenvalue weighted by atomic mass is 10.1. The average molecular weight is 285 g/mol. The fourth-order valence-corrected chi connectivity index (χ4v) is 1.88. The predicted molar refractivity (Wildman–Crippen MR) is 78.7 cm³/mol. The summed E-state index contributed by atoms with van der Waals surface area (Å²) in [6.45, 7) is 0.135. The van der Waals surface area contributed by atoms with Crippen molar-refractivity contribution >= 4 is 17.5 Å². The standard InChI is InChI=1S/C15H15N3O3/c16-12-6-2-5-11(15(18)20)13(12)21-8-9-3-1-4-10(7-9)14(17)19/h1-7H,8,16H2,(H2,17,19)(H2,18,20). The number of nitrogens with two attached hydrogens (primary N) is 3. The van der Waals surface area contributed by atoms with Crippen molar-refractivity contribution in [2.45, 2.75) is 6.61 Å². The maximum atomic E-state index is 11.4. The highest BCUT2D eigenvalue weighted by Gasteiger charge is 2.12. The Hall–Kier alpha value is -3.02. The molecule has 0 radical (unpaired) electrons. The summed E-state index contributed by atoms with van der Waals surface area (Å²) < 4.78 is 5.57. The van der Waals surface area contributed by atoms with E-state index in [1.165, 1.54) is 6.07 Å². The number of anilines is 1. The second-order valence-corrected chi connectivity index (χ2v) is 4.44. The lowest BCUT2D eigenvalue weighted by molar-refractivity contribution is 0.0990. The van der Waals surface area contributed by atoms with Gasteiger partial charge in [-0.3, -0.25) is 9.59 Å². The number of hydrogen-bond donors (Lipinski definition) is 3. The van der Waals surface area contributed by atoms with E-state index < -0.39 is 11.8 Å². The molecule has 0 aliphatic heterocycles. The molecular formula is C15H15N3O3. The first-order valence-electron chi connectivity index (χ1n) is 6.19. The second kappa shape index (κ2) is 5.96. The van der Waals surface area contributed by atoms with Crippen LogP contribution < -0.4 is 21.9 Å². The molecule has 6 heteroatoms. The van der Waals surface area contributed by atoms with Gasteiger partial charge in [-0.1, -0.05) is 18.2 Å². The van der Waals surface area contributed by atoms with Crippen molar-refractivity contribution in [3.05, 3.63) is 59.2 Å². The summed E-state index contributed by atoms with van der Waals surface area (Å²) in [5, 5.41) is 0. The molecule has 0 aliphatic carbocycles. The van der Waals surface area contributed by atoms with Gasteiger partial charge >= 0.3 is 0 Å². The van der Waals surface area contributed by atoms with Crippen molar-refractivity contribution in [1.29, 1.82) is 0 Å². The monoisotopic (exact) mass is 285 g/mol. The van der Waals surface area contributed by atoms with Crippen LogP contribution in [0.15, 0.2) is 42.5 Å². The number of para-hydroxylation sites is 1. The SMILES string of the molecule is NC(=O)c1cccc(COc2c(N)cccc2C(N)=O)c1. The number of ether oxygens (including phenoxy) is 1. The fourth-order valence-electron chi connectivity index (χ4n) is 1.88. The van der Waals surface area contributed by atoms with Crippen LogP contribution in [-0.2, 0) is 6.61 Å². The Kier molecular flexibility index (Phi) is 4.08. The Balaban J connectivity index is 2.22. The van der Waals surface area contributed by atoms with Crippen LogP contribution in [0.4, 0.5) is 5.69 Å². The highest BCUT2D eigenvalue weighted by Crippen LogP contribution is 2.27. The van der Waals surface area contributed by atoms with E-state index in [0.717, 1.165) is 5.56 Å². The van der Waals surface area contributed by atoms with Crippen LogP contribution in [0.1, 0.15) is 26.3 Å². The highest BCUT2D eigenvalue weighted by atomic mass is 16.5. The Labute approximate surface area is 121 Å². The number of primary amides is 2. The minimum Gasteiger partial charge on any atom is -0.486 e. The minimum absolute atomic E-state index is 0.135. The number of carbonyl (C=O) groups is 2. The number of hydrogen-bond acceptors (Lipinski definition) is 4. The Morgan fingerprint density at radius 2 is 1.71 bits per heavy atom. The summed E-state index contributed by atoms with van der Waals surface area (Å²) in [6.07, 6.45) is 0. The van der Waals surface area contributed by atoms with Gasteiger partial charge in [-0.25, -0.2) is 0 Å². The molecule has 2 rings (SSSR count). The zero-order valence-electron chi connectivity index (χ0n) is 11.2. The van der Waals surface area contributed by atoms with Gasteiger partial charge in [0.25, 0.3) is 5.91 Å². The fraction of sp³-hybridized carbons (Fsp3) is 0.0667. The third-order valence-electron chi connectivity index (χ3n) is 2.91. The van der Waals surface area contributed by atoms with Gasteiger partial charge in [0.15, 0.2) is 5.75 Å². The first-order chi connectivity index (χ1) is 9.99. The third-order valence-corrected chi connectivity index (χ3v) is 2.91. The molecule has 0 saturated heterocycles. The second-order valence-electron chi connectivity index (χ2n) is 4.44. The number of benzene rings is 2. The molecule has 2 aromatic carbocycles. The van der Waals surface area contributed by atoms with Crippen LogP contribution in [0.5, 0.6) is 5.75 Å². The zero-order chi connectivity index (χ0) is 15.4. The number of amides is 2.